The van der Waals surface area contributed by atoms with E-state index in [1.807, 2.05) is 19.0 Å². The molecule has 1 saturated heterocycles. The smallest absolute Gasteiger partial charge is 0.295 e. The maximum atomic E-state index is 12.9. The molecule has 2 aromatic rings. The number of hydrogen-bond donors (Lipinski definition) is 1. The number of amides is 1. The maximum Gasteiger partial charge on any atom is 0.295 e. The number of methoxy groups -OCH3 is 1. The lowest BCUT2D eigenvalue weighted by Gasteiger charge is -2.24. The fourth-order valence-electron chi connectivity index (χ4n) is 3.53. The van der Waals surface area contributed by atoms with Gasteiger partial charge in [-0.2, -0.15) is 0 Å². The van der Waals surface area contributed by atoms with Crippen LogP contribution in [0.4, 0.5) is 0 Å². The van der Waals surface area contributed by atoms with E-state index in [0.29, 0.717) is 35.8 Å². The van der Waals surface area contributed by atoms with Gasteiger partial charge < -0.3 is 24.1 Å². The molecular formula is C22H25ClN2O5. The Bertz CT molecular complexity index is 995. The van der Waals surface area contributed by atoms with E-state index in [1.54, 1.807) is 31.2 Å². The summed E-state index contributed by atoms with van der Waals surface area (Å²) in [6, 6.07) is 7.36. The number of nitrogens with zero attached hydrogens (tertiary/aromatic N) is 2. The molecule has 3 rings (SSSR count). The summed E-state index contributed by atoms with van der Waals surface area (Å²) < 4.78 is 10.9. The molecule has 8 heteroatoms. The molecule has 30 heavy (non-hydrogen) atoms. The van der Waals surface area contributed by atoms with Crippen molar-refractivity contribution in [3.05, 3.63) is 58.0 Å². The van der Waals surface area contributed by atoms with E-state index < -0.39 is 17.7 Å². The van der Waals surface area contributed by atoms with Gasteiger partial charge in [-0.15, -0.1) is 0 Å². The highest BCUT2D eigenvalue weighted by atomic mass is 35.5. The van der Waals surface area contributed by atoms with Gasteiger partial charge in [-0.05, 0) is 64.3 Å². The summed E-state index contributed by atoms with van der Waals surface area (Å²) in [5.41, 5.74) is 0.306. The van der Waals surface area contributed by atoms with Gasteiger partial charge in [0.1, 0.15) is 29.1 Å². The molecule has 1 N–H and O–H groups in total. The number of aliphatic hydroxyl groups is 1. The van der Waals surface area contributed by atoms with Gasteiger partial charge in [0.2, 0.25) is 0 Å². The van der Waals surface area contributed by atoms with E-state index in [4.69, 9.17) is 20.8 Å². The fourth-order valence-corrected chi connectivity index (χ4v) is 3.79. The number of carbonyl (C=O) groups excluding carboxylic acids is 2. The number of Topliss-reactive ketones (excluding diaryl/α,β-unsaturated/α-hetero) is 1. The van der Waals surface area contributed by atoms with Crippen LogP contribution in [-0.2, 0) is 9.59 Å². The first-order chi connectivity index (χ1) is 14.2. The van der Waals surface area contributed by atoms with E-state index in [0.717, 1.165) is 6.54 Å². The largest absolute Gasteiger partial charge is 0.507 e. The van der Waals surface area contributed by atoms with Crippen molar-refractivity contribution in [1.82, 2.24) is 9.80 Å². The molecule has 7 nitrogen and oxygen atoms in total. The minimum absolute atomic E-state index is 0.0135. The second kappa shape index (κ2) is 8.93. The van der Waals surface area contributed by atoms with Gasteiger partial charge >= 0.3 is 0 Å². The third kappa shape index (κ3) is 4.22. The molecule has 0 radical (unpaired) electrons. The summed E-state index contributed by atoms with van der Waals surface area (Å²) in [6.45, 7) is 2.89. The molecule has 1 atom stereocenters. The number of ether oxygens (including phenoxy) is 1. The second-order valence-electron chi connectivity index (χ2n) is 7.45. The van der Waals surface area contributed by atoms with Crippen LogP contribution in [0.3, 0.4) is 0 Å². The molecule has 1 aromatic heterocycles. The summed E-state index contributed by atoms with van der Waals surface area (Å²) in [5, 5.41) is 11.3. The number of furan rings is 1. The molecule has 0 saturated carbocycles. The van der Waals surface area contributed by atoms with Crippen LogP contribution in [0, 0.1) is 6.92 Å². The Balaban J connectivity index is 2.08. The van der Waals surface area contributed by atoms with Gasteiger partial charge in [-0.1, -0.05) is 11.6 Å². The number of benzene rings is 1. The van der Waals surface area contributed by atoms with Crippen LogP contribution in [0.2, 0.25) is 5.02 Å². The van der Waals surface area contributed by atoms with E-state index in [2.05, 4.69) is 0 Å². The Morgan fingerprint density at radius 3 is 2.57 bits per heavy atom. The van der Waals surface area contributed by atoms with Gasteiger partial charge in [0.15, 0.2) is 0 Å². The Morgan fingerprint density at radius 1 is 1.27 bits per heavy atom. The lowest BCUT2D eigenvalue weighted by atomic mass is 9.99. The van der Waals surface area contributed by atoms with E-state index in [-0.39, 0.29) is 16.4 Å². The van der Waals surface area contributed by atoms with Crippen molar-refractivity contribution in [2.45, 2.75) is 19.4 Å². The lowest BCUT2D eigenvalue weighted by Crippen LogP contribution is -2.32. The molecule has 1 aliphatic heterocycles. The predicted octanol–water partition coefficient (Wildman–Crippen LogP) is 3.62. The van der Waals surface area contributed by atoms with Crippen molar-refractivity contribution in [2.24, 2.45) is 0 Å². The number of rotatable bonds is 7. The summed E-state index contributed by atoms with van der Waals surface area (Å²) >= 11 is 6.18. The number of aryl methyl sites for hydroxylation is 1. The highest BCUT2D eigenvalue weighted by molar-refractivity contribution is 6.46. The monoisotopic (exact) mass is 432 g/mol. The molecule has 160 valence electrons. The number of likely N-dealkylation sites (tertiary alicyclic amines) is 1. The number of halogens is 1. The van der Waals surface area contributed by atoms with Crippen molar-refractivity contribution in [2.75, 3.05) is 34.3 Å². The van der Waals surface area contributed by atoms with Gasteiger partial charge in [0, 0.05) is 12.1 Å². The van der Waals surface area contributed by atoms with Gasteiger partial charge in [0.25, 0.3) is 11.7 Å². The Hall–Kier alpha value is -2.77. The quantitative estimate of drug-likeness (QED) is 0.408. The highest BCUT2D eigenvalue weighted by Gasteiger charge is 2.47. The SMILES string of the molecule is COc1ccc(/C(O)=C2\C(=O)C(=O)N(CCCN(C)C)C2c2ccc(C)o2)cc1Cl. The minimum atomic E-state index is -0.804. The summed E-state index contributed by atoms with van der Waals surface area (Å²) in [4.78, 5) is 29.2. The molecule has 1 unspecified atom stereocenters. The van der Waals surface area contributed by atoms with Crippen LogP contribution >= 0.6 is 11.6 Å². The fraction of sp³-hybridized carbons (Fsp3) is 0.364. The highest BCUT2D eigenvalue weighted by Crippen LogP contribution is 2.40. The molecule has 2 heterocycles. The van der Waals surface area contributed by atoms with E-state index in [1.165, 1.54) is 18.1 Å². The van der Waals surface area contributed by atoms with Crippen molar-refractivity contribution < 1.29 is 23.8 Å². The van der Waals surface area contributed by atoms with Crippen LogP contribution in [0.1, 0.15) is 29.5 Å². The second-order valence-corrected chi connectivity index (χ2v) is 7.85. The number of hydrogen-bond acceptors (Lipinski definition) is 6. The van der Waals surface area contributed by atoms with E-state index >= 15 is 0 Å². The minimum Gasteiger partial charge on any atom is -0.507 e. The first kappa shape index (κ1) is 21.9. The number of carbonyl (C=O) groups is 2. The van der Waals surface area contributed by atoms with Crippen molar-refractivity contribution in [3.63, 3.8) is 0 Å². The zero-order chi connectivity index (χ0) is 22.0. The molecule has 1 aliphatic rings. The predicted molar refractivity (Wildman–Crippen MR) is 114 cm³/mol. The van der Waals surface area contributed by atoms with Crippen LogP contribution in [0.15, 0.2) is 40.3 Å². The average molecular weight is 433 g/mol. The van der Waals surface area contributed by atoms with Gasteiger partial charge in [-0.25, -0.2) is 0 Å². The Kier molecular flexibility index (Phi) is 6.53. The lowest BCUT2D eigenvalue weighted by molar-refractivity contribution is -0.140. The molecule has 0 aliphatic carbocycles. The summed E-state index contributed by atoms with van der Waals surface area (Å²) in [6.07, 6.45) is 0.671. The molecular weight excluding hydrogens is 408 g/mol. The first-order valence-corrected chi connectivity index (χ1v) is 9.95. The molecule has 0 bridgehead atoms. The van der Waals surface area contributed by atoms with Crippen LogP contribution < -0.4 is 4.74 Å². The van der Waals surface area contributed by atoms with Gasteiger partial charge in [0.05, 0.1) is 17.7 Å². The number of aliphatic hydroxyl groups excluding tert-OH is 1. The zero-order valence-electron chi connectivity index (χ0n) is 17.4. The zero-order valence-corrected chi connectivity index (χ0v) is 18.2. The van der Waals surface area contributed by atoms with Gasteiger partial charge in [-0.3, -0.25) is 9.59 Å². The summed E-state index contributed by atoms with van der Waals surface area (Å²) in [5.74, 6) is -0.186. The normalized spacial score (nSPS) is 18.5. The van der Waals surface area contributed by atoms with Crippen molar-refractivity contribution >= 4 is 29.1 Å². The average Bonchev–Trinajstić information content (AvgIpc) is 3.23. The van der Waals surface area contributed by atoms with Crippen LogP contribution in [-0.4, -0.2) is 60.9 Å². The Labute approximate surface area is 180 Å². The topological polar surface area (TPSA) is 83.2 Å². The van der Waals surface area contributed by atoms with E-state index in [9.17, 15) is 14.7 Å². The van der Waals surface area contributed by atoms with Crippen LogP contribution in [0.5, 0.6) is 5.75 Å². The Morgan fingerprint density at radius 2 is 2.00 bits per heavy atom. The third-order valence-corrected chi connectivity index (χ3v) is 5.30. The maximum absolute atomic E-state index is 12.9. The van der Waals surface area contributed by atoms with Crippen LogP contribution in [0.25, 0.3) is 5.76 Å². The van der Waals surface area contributed by atoms with Crippen molar-refractivity contribution in [1.29, 1.82) is 0 Å². The summed E-state index contributed by atoms with van der Waals surface area (Å²) in [7, 11) is 5.36. The molecule has 0 spiro atoms. The molecule has 1 aromatic carbocycles. The van der Waals surface area contributed by atoms with Crippen molar-refractivity contribution in [3.8, 4) is 5.75 Å². The standard InChI is InChI=1S/C22H25ClN2O5/c1-13-6-8-17(30-13)19-18(20(26)14-7-9-16(29-4)15(23)12-14)21(27)22(28)25(19)11-5-10-24(2)3/h6-9,12,19,26H,5,10-11H2,1-4H3/b20-18+. The third-order valence-electron chi connectivity index (χ3n) is 5.00. The molecule has 1 fully saturated rings. The first-order valence-electron chi connectivity index (χ1n) is 9.58. The molecule has 1 amide bonds. The number of ketones is 1.